The zero-order valence-corrected chi connectivity index (χ0v) is 9.84. The second-order valence-electron chi connectivity index (χ2n) is 3.02. The fraction of sp³-hybridized carbons (Fsp3) is 0.273. The average molecular weight is 255 g/mol. The zero-order valence-electron chi connectivity index (χ0n) is 8.26. The summed E-state index contributed by atoms with van der Waals surface area (Å²) < 4.78 is 1.01. The molecule has 0 aromatic heterocycles. The summed E-state index contributed by atoms with van der Waals surface area (Å²) in [6.45, 7) is 2.96. The van der Waals surface area contributed by atoms with Gasteiger partial charge in [0.1, 0.15) is 0 Å². The largest absolute Gasteiger partial charge is 0.399 e. The van der Waals surface area contributed by atoms with Gasteiger partial charge in [0.15, 0.2) is 0 Å². The summed E-state index contributed by atoms with van der Waals surface area (Å²) in [4.78, 5) is 0. The molecule has 0 fully saturated rings. The molecule has 1 aromatic rings. The quantitative estimate of drug-likeness (QED) is 0.491. The Bertz CT molecular complexity index is 321. The molecule has 0 radical (unpaired) electrons. The van der Waals surface area contributed by atoms with Crippen LogP contribution in [-0.2, 0) is 0 Å². The van der Waals surface area contributed by atoms with Crippen molar-refractivity contribution in [3.05, 3.63) is 34.8 Å². The maximum atomic E-state index is 5.63. The van der Waals surface area contributed by atoms with Crippen LogP contribution >= 0.6 is 15.9 Å². The van der Waals surface area contributed by atoms with Crippen LogP contribution in [0.4, 0.5) is 11.4 Å². The molecule has 0 saturated carbocycles. The summed E-state index contributed by atoms with van der Waals surface area (Å²) >= 11 is 3.46. The molecule has 0 spiro atoms. The first-order valence-electron chi connectivity index (χ1n) is 4.64. The number of hydrogen-bond donors (Lipinski definition) is 2. The minimum absolute atomic E-state index is 0.774. The maximum absolute atomic E-state index is 5.63. The Labute approximate surface area is 93.3 Å². The van der Waals surface area contributed by atoms with Gasteiger partial charge in [-0.15, -0.1) is 0 Å². The lowest BCUT2D eigenvalue weighted by Crippen LogP contribution is -2.01. The second kappa shape index (κ2) is 5.70. The van der Waals surface area contributed by atoms with Gasteiger partial charge in [0.25, 0.3) is 0 Å². The number of nitrogen functional groups attached to an aromatic ring is 1. The number of anilines is 2. The van der Waals surface area contributed by atoms with Crippen LogP contribution in [-0.4, -0.2) is 6.54 Å². The van der Waals surface area contributed by atoms with E-state index in [1.807, 2.05) is 25.1 Å². The summed E-state index contributed by atoms with van der Waals surface area (Å²) in [5, 5.41) is 3.32. The highest BCUT2D eigenvalue weighted by molar-refractivity contribution is 9.10. The number of allylic oxidation sites excluding steroid dienone is 1. The number of halogens is 1. The van der Waals surface area contributed by atoms with Crippen molar-refractivity contribution in [2.45, 2.75) is 13.3 Å². The lowest BCUT2D eigenvalue weighted by molar-refractivity contribution is 1.06. The minimum atomic E-state index is 0.774. The van der Waals surface area contributed by atoms with Gasteiger partial charge in [0.05, 0.1) is 0 Å². The first-order chi connectivity index (χ1) is 6.74. The highest BCUT2D eigenvalue weighted by Crippen LogP contribution is 2.24. The topological polar surface area (TPSA) is 38.0 Å². The third-order valence-corrected chi connectivity index (χ3v) is 2.51. The van der Waals surface area contributed by atoms with Crippen molar-refractivity contribution < 1.29 is 0 Å². The molecule has 2 nitrogen and oxygen atoms in total. The second-order valence-corrected chi connectivity index (χ2v) is 3.88. The Morgan fingerprint density at radius 2 is 2.29 bits per heavy atom. The monoisotopic (exact) mass is 254 g/mol. The Kier molecular flexibility index (Phi) is 4.53. The van der Waals surface area contributed by atoms with E-state index in [0.717, 1.165) is 28.8 Å². The predicted molar refractivity (Wildman–Crippen MR) is 66.5 cm³/mol. The van der Waals surface area contributed by atoms with Crippen LogP contribution in [0.2, 0.25) is 0 Å². The van der Waals surface area contributed by atoms with Gasteiger partial charge in [0, 0.05) is 22.4 Å². The molecule has 3 N–H and O–H groups in total. The molecule has 14 heavy (non-hydrogen) atoms. The Balaban J connectivity index is 2.50. The van der Waals surface area contributed by atoms with Crippen LogP contribution in [0.3, 0.4) is 0 Å². The SMILES string of the molecule is C/C=C/CCNc1ccc(N)cc1Br. The van der Waals surface area contributed by atoms with Gasteiger partial charge in [0.2, 0.25) is 0 Å². The third kappa shape index (κ3) is 3.42. The Hall–Kier alpha value is -0.960. The smallest absolute Gasteiger partial charge is 0.0486 e. The van der Waals surface area contributed by atoms with Crippen LogP contribution in [0, 0.1) is 0 Å². The van der Waals surface area contributed by atoms with E-state index >= 15 is 0 Å². The summed E-state index contributed by atoms with van der Waals surface area (Å²) in [5.74, 6) is 0. The van der Waals surface area contributed by atoms with Crippen LogP contribution in [0.5, 0.6) is 0 Å². The van der Waals surface area contributed by atoms with Gasteiger partial charge >= 0.3 is 0 Å². The van der Waals surface area contributed by atoms with E-state index < -0.39 is 0 Å². The highest BCUT2D eigenvalue weighted by atomic mass is 79.9. The number of rotatable bonds is 4. The third-order valence-electron chi connectivity index (χ3n) is 1.86. The molecular formula is C11H15BrN2. The van der Waals surface area contributed by atoms with Gasteiger partial charge in [-0.05, 0) is 47.5 Å². The number of benzene rings is 1. The van der Waals surface area contributed by atoms with Crippen molar-refractivity contribution in [3.63, 3.8) is 0 Å². The fourth-order valence-electron chi connectivity index (χ4n) is 1.13. The molecule has 0 saturated heterocycles. The summed E-state index contributed by atoms with van der Waals surface area (Å²) in [6.07, 6.45) is 5.23. The van der Waals surface area contributed by atoms with Crippen molar-refractivity contribution in [3.8, 4) is 0 Å². The van der Waals surface area contributed by atoms with Gasteiger partial charge in [-0.2, -0.15) is 0 Å². The van der Waals surface area contributed by atoms with Crippen molar-refractivity contribution in [2.24, 2.45) is 0 Å². The Morgan fingerprint density at radius 3 is 2.93 bits per heavy atom. The van der Waals surface area contributed by atoms with E-state index in [-0.39, 0.29) is 0 Å². The molecule has 0 aliphatic rings. The Morgan fingerprint density at radius 1 is 1.50 bits per heavy atom. The molecule has 1 rings (SSSR count). The molecule has 76 valence electrons. The zero-order chi connectivity index (χ0) is 10.4. The van der Waals surface area contributed by atoms with Gasteiger partial charge < -0.3 is 11.1 Å². The summed E-state index contributed by atoms with van der Waals surface area (Å²) in [6, 6.07) is 5.77. The van der Waals surface area contributed by atoms with Crippen LogP contribution < -0.4 is 11.1 Å². The number of nitrogens with two attached hydrogens (primary N) is 1. The molecule has 1 aromatic carbocycles. The molecule has 0 aliphatic carbocycles. The molecule has 0 unspecified atom stereocenters. The number of nitrogens with one attached hydrogen (secondary N) is 1. The fourth-order valence-corrected chi connectivity index (χ4v) is 1.67. The van der Waals surface area contributed by atoms with E-state index in [0.29, 0.717) is 0 Å². The summed E-state index contributed by atoms with van der Waals surface area (Å²) in [5.41, 5.74) is 7.50. The van der Waals surface area contributed by atoms with Crippen molar-refractivity contribution in [1.29, 1.82) is 0 Å². The van der Waals surface area contributed by atoms with Gasteiger partial charge in [-0.25, -0.2) is 0 Å². The standard InChI is InChI=1S/C11H15BrN2/c1-2-3-4-7-14-11-6-5-9(13)8-10(11)12/h2-3,5-6,8,14H,4,7,13H2,1H3/b3-2+. The molecule has 0 amide bonds. The first-order valence-corrected chi connectivity index (χ1v) is 5.43. The molecule has 0 bridgehead atoms. The van der Waals surface area contributed by atoms with E-state index in [1.165, 1.54) is 0 Å². The first kappa shape index (κ1) is 11.1. The van der Waals surface area contributed by atoms with Crippen molar-refractivity contribution in [2.75, 3.05) is 17.6 Å². The summed E-state index contributed by atoms with van der Waals surface area (Å²) in [7, 11) is 0. The maximum Gasteiger partial charge on any atom is 0.0486 e. The van der Waals surface area contributed by atoms with E-state index in [2.05, 4.69) is 33.4 Å². The van der Waals surface area contributed by atoms with E-state index in [9.17, 15) is 0 Å². The van der Waals surface area contributed by atoms with E-state index in [1.54, 1.807) is 0 Å². The predicted octanol–water partition coefficient (Wildman–Crippen LogP) is 3.41. The normalized spacial score (nSPS) is 10.7. The van der Waals surface area contributed by atoms with Gasteiger partial charge in [-0.1, -0.05) is 12.2 Å². The molecule has 3 heteroatoms. The van der Waals surface area contributed by atoms with Gasteiger partial charge in [-0.3, -0.25) is 0 Å². The molecule has 0 aliphatic heterocycles. The van der Waals surface area contributed by atoms with Crippen LogP contribution in [0.1, 0.15) is 13.3 Å². The average Bonchev–Trinajstić information content (AvgIpc) is 2.15. The van der Waals surface area contributed by atoms with Crippen molar-refractivity contribution >= 4 is 27.3 Å². The molecule has 0 heterocycles. The number of hydrogen-bond acceptors (Lipinski definition) is 2. The molecular weight excluding hydrogens is 240 g/mol. The van der Waals surface area contributed by atoms with Crippen molar-refractivity contribution in [1.82, 2.24) is 0 Å². The lowest BCUT2D eigenvalue weighted by Gasteiger charge is -2.07. The van der Waals surface area contributed by atoms with E-state index in [4.69, 9.17) is 5.73 Å². The molecule has 0 atom stereocenters. The highest BCUT2D eigenvalue weighted by Gasteiger charge is 1.97. The lowest BCUT2D eigenvalue weighted by atomic mass is 10.3. The minimum Gasteiger partial charge on any atom is -0.399 e. The van der Waals surface area contributed by atoms with Crippen LogP contribution in [0.15, 0.2) is 34.8 Å². The van der Waals surface area contributed by atoms with Crippen LogP contribution in [0.25, 0.3) is 0 Å².